The van der Waals surface area contributed by atoms with Gasteiger partial charge in [0.05, 0.1) is 24.0 Å². The number of nitrogens with one attached hydrogen (secondary N) is 1. The molecule has 4 heteroatoms. The Hall–Kier alpha value is -2.10. The monoisotopic (exact) mass is 213 g/mol. The molecule has 1 aliphatic rings. The number of hydrogen-bond donors (Lipinski definition) is 1. The van der Waals surface area contributed by atoms with Gasteiger partial charge in [-0.25, -0.2) is 0 Å². The molecule has 1 aliphatic heterocycles. The summed E-state index contributed by atoms with van der Waals surface area (Å²) in [6.07, 6.45) is 7.99. The number of pyridine rings is 1. The highest BCUT2D eigenvalue weighted by molar-refractivity contribution is 5.99. The number of carbonyl (C=O) groups excluding carboxylic acids is 1. The first-order valence-electron chi connectivity index (χ1n) is 5.16. The number of carbonyl (C=O) groups is 1. The molecule has 4 nitrogen and oxygen atoms in total. The molecule has 0 spiro atoms. The SMILES string of the molecule is Cc1ccncc1-n1cc2c(c1)NC(=O)C2. The summed E-state index contributed by atoms with van der Waals surface area (Å²) in [6, 6.07) is 1.97. The van der Waals surface area contributed by atoms with Crippen LogP contribution in [0.15, 0.2) is 30.9 Å². The molecule has 0 aromatic carbocycles. The van der Waals surface area contributed by atoms with Gasteiger partial charge in [0.15, 0.2) is 0 Å². The molecule has 16 heavy (non-hydrogen) atoms. The number of rotatable bonds is 1. The average molecular weight is 213 g/mol. The minimum atomic E-state index is 0.0695. The van der Waals surface area contributed by atoms with E-state index in [1.807, 2.05) is 36.1 Å². The molecule has 0 atom stereocenters. The largest absolute Gasteiger partial charge is 0.324 e. The zero-order chi connectivity index (χ0) is 11.1. The second-order valence-corrected chi connectivity index (χ2v) is 3.99. The van der Waals surface area contributed by atoms with E-state index < -0.39 is 0 Å². The van der Waals surface area contributed by atoms with Crippen molar-refractivity contribution < 1.29 is 4.79 Å². The Morgan fingerprint density at radius 2 is 2.31 bits per heavy atom. The molecule has 1 N–H and O–H groups in total. The molecule has 3 heterocycles. The topological polar surface area (TPSA) is 46.9 Å². The zero-order valence-corrected chi connectivity index (χ0v) is 8.90. The maximum Gasteiger partial charge on any atom is 0.228 e. The highest BCUT2D eigenvalue weighted by atomic mass is 16.1. The second kappa shape index (κ2) is 3.20. The van der Waals surface area contributed by atoms with E-state index in [2.05, 4.69) is 10.3 Å². The van der Waals surface area contributed by atoms with Crippen LogP contribution in [0.25, 0.3) is 5.69 Å². The molecule has 3 rings (SSSR count). The minimum Gasteiger partial charge on any atom is -0.324 e. The highest BCUT2D eigenvalue weighted by Crippen LogP contribution is 2.26. The van der Waals surface area contributed by atoms with Crippen molar-refractivity contribution in [2.75, 3.05) is 5.32 Å². The maximum atomic E-state index is 11.1. The van der Waals surface area contributed by atoms with Gasteiger partial charge < -0.3 is 9.88 Å². The van der Waals surface area contributed by atoms with E-state index in [0.717, 1.165) is 22.5 Å². The lowest BCUT2D eigenvalue weighted by Gasteiger charge is -2.05. The lowest BCUT2D eigenvalue weighted by Crippen LogP contribution is -2.05. The fraction of sp³-hybridized carbons (Fsp3) is 0.167. The first-order valence-corrected chi connectivity index (χ1v) is 5.16. The number of aromatic nitrogens is 2. The third kappa shape index (κ3) is 1.31. The van der Waals surface area contributed by atoms with E-state index in [1.54, 1.807) is 6.20 Å². The molecule has 0 unspecified atom stereocenters. The van der Waals surface area contributed by atoms with Crippen molar-refractivity contribution in [2.45, 2.75) is 13.3 Å². The van der Waals surface area contributed by atoms with E-state index in [1.165, 1.54) is 0 Å². The molecular formula is C12H11N3O. The van der Waals surface area contributed by atoms with Crippen molar-refractivity contribution >= 4 is 11.6 Å². The first-order chi connectivity index (χ1) is 7.74. The van der Waals surface area contributed by atoms with Crippen LogP contribution in [0.4, 0.5) is 5.69 Å². The number of hydrogen-bond acceptors (Lipinski definition) is 2. The van der Waals surface area contributed by atoms with Crippen LogP contribution < -0.4 is 5.32 Å². The third-order valence-corrected chi connectivity index (χ3v) is 2.82. The third-order valence-electron chi connectivity index (χ3n) is 2.82. The first kappa shape index (κ1) is 9.15. The summed E-state index contributed by atoms with van der Waals surface area (Å²) in [7, 11) is 0. The Morgan fingerprint density at radius 3 is 3.06 bits per heavy atom. The van der Waals surface area contributed by atoms with Crippen molar-refractivity contribution in [2.24, 2.45) is 0 Å². The fourth-order valence-electron chi connectivity index (χ4n) is 1.98. The summed E-state index contributed by atoms with van der Waals surface area (Å²) < 4.78 is 2.01. The number of nitrogens with zero attached hydrogens (tertiary/aromatic N) is 2. The highest BCUT2D eigenvalue weighted by Gasteiger charge is 2.20. The van der Waals surface area contributed by atoms with E-state index >= 15 is 0 Å². The molecule has 1 amide bonds. The molecule has 2 aromatic heterocycles. The molecular weight excluding hydrogens is 202 g/mol. The number of anilines is 1. The van der Waals surface area contributed by atoms with Gasteiger partial charge in [0.25, 0.3) is 0 Å². The normalized spacial score (nSPS) is 13.7. The average Bonchev–Trinajstić information content (AvgIpc) is 2.75. The standard InChI is InChI=1S/C12H11N3O/c1-8-2-3-13-5-11(8)15-6-9-4-12(16)14-10(9)7-15/h2-3,5-7H,4H2,1H3,(H,14,16). The zero-order valence-electron chi connectivity index (χ0n) is 8.90. The van der Waals surface area contributed by atoms with Crippen LogP contribution in [0.3, 0.4) is 0 Å². The Kier molecular flexibility index (Phi) is 1.83. The smallest absolute Gasteiger partial charge is 0.228 e. The van der Waals surface area contributed by atoms with Crippen LogP contribution in [-0.2, 0) is 11.2 Å². The fourth-order valence-corrected chi connectivity index (χ4v) is 1.98. The Balaban J connectivity index is 2.07. The van der Waals surface area contributed by atoms with Crippen LogP contribution in [0.1, 0.15) is 11.1 Å². The summed E-state index contributed by atoms with van der Waals surface area (Å²) in [4.78, 5) is 15.3. The van der Waals surface area contributed by atoms with Crippen molar-refractivity contribution in [1.29, 1.82) is 0 Å². The predicted octanol–water partition coefficient (Wildman–Crippen LogP) is 1.68. The molecule has 80 valence electrons. The minimum absolute atomic E-state index is 0.0695. The Bertz CT molecular complexity index is 546. The number of aryl methyl sites for hydroxylation is 1. The molecule has 0 saturated carbocycles. The van der Waals surface area contributed by atoms with Gasteiger partial charge in [-0.2, -0.15) is 0 Å². The van der Waals surface area contributed by atoms with Crippen LogP contribution in [0, 0.1) is 6.92 Å². The van der Waals surface area contributed by atoms with Gasteiger partial charge in [0.1, 0.15) is 0 Å². The van der Waals surface area contributed by atoms with E-state index in [4.69, 9.17) is 0 Å². The van der Waals surface area contributed by atoms with Gasteiger partial charge >= 0.3 is 0 Å². The summed E-state index contributed by atoms with van der Waals surface area (Å²) >= 11 is 0. The summed E-state index contributed by atoms with van der Waals surface area (Å²) in [5.74, 6) is 0.0695. The molecule has 0 radical (unpaired) electrons. The molecule has 0 bridgehead atoms. The van der Waals surface area contributed by atoms with E-state index in [0.29, 0.717) is 6.42 Å². The number of fused-ring (bicyclic) bond motifs is 1. The predicted molar refractivity (Wildman–Crippen MR) is 60.6 cm³/mol. The van der Waals surface area contributed by atoms with Gasteiger partial charge in [-0.3, -0.25) is 9.78 Å². The van der Waals surface area contributed by atoms with Crippen LogP contribution in [-0.4, -0.2) is 15.5 Å². The molecule has 0 aliphatic carbocycles. The summed E-state index contributed by atoms with van der Waals surface area (Å²) in [6.45, 7) is 2.04. The van der Waals surface area contributed by atoms with E-state index in [9.17, 15) is 4.79 Å². The summed E-state index contributed by atoms with van der Waals surface area (Å²) in [5, 5.41) is 2.83. The van der Waals surface area contributed by atoms with Crippen molar-refractivity contribution in [3.05, 3.63) is 42.0 Å². The van der Waals surface area contributed by atoms with Gasteiger partial charge in [0, 0.05) is 24.2 Å². The summed E-state index contributed by atoms with van der Waals surface area (Å²) in [5.41, 5.74) is 4.17. The van der Waals surface area contributed by atoms with Gasteiger partial charge in [-0.05, 0) is 18.6 Å². The van der Waals surface area contributed by atoms with Gasteiger partial charge in [0.2, 0.25) is 5.91 Å². The van der Waals surface area contributed by atoms with Crippen LogP contribution in [0.2, 0.25) is 0 Å². The lowest BCUT2D eigenvalue weighted by atomic mass is 10.2. The molecule has 2 aromatic rings. The molecule has 0 fully saturated rings. The molecule has 0 saturated heterocycles. The quantitative estimate of drug-likeness (QED) is 0.783. The van der Waals surface area contributed by atoms with Gasteiger partial charge in [-0.15, -0.1) is 0 Å². The Morgan fingerprint density at radius 1 is 1.44 bits per heavy atom. The maximum absolute atomic E-state index is 11.1. The van der Waals surface area contributed by atoms with E-state index in [-0.39, 0.29) is 5.91 Å². The lowest BCUT2D eigenvalue weighted by molar-refractivity contribution is -0.115. The Labute approximate surface area is 92.9 Å². The second-order valence-electron chi connectivity index (χ2n) is 3.99. The van der Waals surface area contributed by atoms with Crippen LogP contribution >= 0.6 is 0 Å². The number of amides is 1. The van der Waals surface area contributed by atoms with Gasteiger partial charge in [-0.1, -0.05) is 0 Å². The van der Waals surface area contributed by atoms with Crippen molar-refractivity contribution in [3.63, 3.8) is 0 Å². The van der Waals surface area contributed by atoms with Crippen molar-refractivity contribution in [1.82, 2.24) is 9.55 Å². The van der Waals surface area contributed by atoms with Crippen molar-refractivity contribution in [3.8, 4) is 5.69 Å². The van der Waals surface area contributed by atoms with Crippen LogP contribution in [0.5, 0.6) is 0 Å².